The van der Waals surface area contributed by atoms with Gasteiger partial charge in [-0.25, -0.2) is 4.98 Å². The number of nitrogens with zero attached hydrogens (tertiary/aromatic N) is 1. The van der Waals surface area contributed by atoms with Crippen molar-refractivity contribution in [2.75, 3.05) is 7.11 Å². The molecule has 3 rings (SSSR count). The monoisotopic (exact) mass is 330 g/mol. The van der Waals surface area contributed by atoms with Gasteiger partial charge < -0.3 is 10.1 Å². The van der Waals surface area contributed by atoms with Gasteiger partial charge in [0.15, 0.2) is 0 Å². The largest absolute Gasteiger partial charge is 0.497 e. The summed E-state index contributed by atoms with van der Waals surface area (Å²) in [6.07, 6.45) is 6.04. The van der Waals surface area contributed by atoms with Gasteiger partial charge in [-0.2, -0.15) is 0 Å². The first-order valence-electron chi connectivity index (χ1n) is 8.11. The quantitative estimate of drug-likeness (QED) is 0.884. The van der Waals surface area contributed by atoms with E-state index in [0.717, 1.165) is 35.6 Å². The number of carbonyl (C=O) groups excluding carboxylic acids is 1. The standard InChI is InChI=1S/C18H22N2O2S/c1-22-14-8-6-13(7-9-14)12-19-17(21)10-11-18-20-15-4-2-3-5-16(15)23-18/h6-9H,2-5,10-12H2,1H3,(H,19,21). The van der Waals surface area contributed by atoms with Crippen molar-refractivity contribution >= 4 is 17.2 Å². The molecule has 0 radical (unpaired) electrons. The molecule has 122 valence electrons. The third kappa shape index (κ3) is 4.32. The number of aromatic nitrogens is 1. The molecule has 5 heteroatoms. The summed E-state index contributed by atoms with van der Waals surface area (Å²) in [6, 6.07) is 7.74. The van der Waals surface area contributed by atoms with E-state index in [0.29, 0.717) is 13.0 Å². The highest BCUT2D eigenvalue weighted by atomic mass is 32.1. The zero-order valence-electron chi connectivity index (χ0n) is 13.4. The average Bonchev–Trinajstić information content (AvgIpc) is 3.01. The third-order valence-electron chi connectivity index (χ3n) is 4.10. The van der Waals surface area contributed by atoms with Crippen molar-refractivity contribution in [1.82, 2.24) is 10.3 Å². The summed E-state index contributed by atoms with van der Waals surface area (Å²) in [5.74, 6) is 0.904. The second-order valence-corrected chi connectivity index (χ2v) is 6.98. The number of carbonyl (C=O) groups is 1. The first kappa shape index (κ1) is 16.0. The number of methoxy groups -OCH3 is 1. The smallest absolute Gasteiger partial charge is 0.220 e. The summed E-state index contributed by atoms with van der Waals surface area (Å²) in [7, 11) is 1.65. The Bertz CT molecular complexity index is 641. The van der Waals surface area contributed by atoms with Crippen LogP contribution in [0, 0.1) is 0 Å². The number of rotatable bonds is 6. The summed E-state index contributed by atoms with van der Waals surface area (Å²) >= 11 is 1.79. The van der Waals surface area contributed by atoms with Gasteiger partial charge in [0, 0.05) is 24.3 Å². The van der Waals surface area contributed by atoms with Crippen molar-refractivity contribution in [2.45, 2.75) is 45.1 Å². The first-order chi connectivity index (χ1) is 11.2. The Morgan fingerprint density at radius 1 is 1.26 bits per heavy atom. The van der Waals surface area contributed by atoms with Crippen LogP contribution < -0.4 is 10.1 Å². The molecule has 1 aromatic heterocycles. The van der Waals surface area contributed by atoms with Gasteiger partial charge in [0.05, 0.1) is 17.8 Å². The third-order valence-corrected chi connectivity index (χ3v) is 5.32. The Labute approximate surface area is 140 Å². The summed E-state index contributed by atoms with van der Waals surface area (Å²) in [4.78, 5) is 18.1. The van der Waals surface area contributed by atoms with Crippen LogP contribution in [0.25, 0.3) is 0 Å². The predicted molar refractivity (Wildman–Crippen MR) is 91.9 cm³/mol. The van der Waals surface area contributed by atoms with Crippen molar-refractivity contribution < 1.29 is 9.53 Å². The number of ether oxygens (including phenoxy) is 1. The van der Waals surface area contributed by atoms with Crippen LogP contribution in [0.1, 0.15) is 40.4 Å². The van der Waals surface area contributed by atoms with Gasteiger partial charge in [0.2, 0.25) is 5.91 Å². The van der Waals surface area contributed by atoms with Crippen molar-refractivity contribution in [2.24, 2.45) is 0 Å². The fourth-order valence-corrected chi connectivity index (χ4v) is 3.92. The number of amides is 1. The van der Waals surface area contributed by atoms with E-state index in [4.69, 9.17) is 4.74 Å². The van der Waals surface area contributed by atoms with E-state index < -0.39 is 0 Å². The number of nitrogens with one attached hydrogen (secondary N) is 1. The molecule has 0 saturated carbocycles. The molecule has 1 aliphatic carbocycles. The van der Waals surface area contributed by atoms with Crippen LogP contribution in [0.5, 0.6) is 5.75 Å². The molecule has 0 aliphatic heterocycles. The Kier molecular flexibility index (Phi) is 5.28. The first-order valence-corrected chi connectivity index (χ1v) is 8.93. The molecular weight excluding hydrogens is 308 g/mol. The molecule has 1 amide bonds. The second-order valence-electron chi connectivity index (χ2n) is 5.81. The van der Waals surface area contributed by atoms with E-state index in [1.165, 1.54) is 23.4 Å². The van der Waals surface area contributed by atoms with Gasteiger partial charge in [-0.05, 0) is 43.4 Å². The molecular formula is C18H22N2O2S. The lowest BCUT2D eigenvalue weighted by Crippen LogP contribution is -2.22. The highest BCUT2D eigenvalue weighted by molar-refractivity contribution is 7.11. The maximum Gasteiger partial charge on any atom is 0.220 e. The lowest BCUT2D eigenvalue weighted by molar-refractivity contribution is -0.121. The van der Waals surface area contributed by atoms with Crippen molar-refractivity contribution in [3.8, 4) is 5.75 Å². The van der Waals surface area contributed by atoms with E-state index in [-0.39, 0.29) is 5.91 Å². The minimum Gasteiger partial charge on any atom is -0.497 e. The summed E-state index contributed by atoms with van der Waals surface area (Å²) < 4.78 is 5.12. The molecule has 1 aliphatic rings. The topological polar surface area (TPSA) is 51.2 Å². The maximum atomic E-state index is 12.0. The van der Waals surface area contributed by atoms with Crippen LogP contribution in [-0.4, -0.2) is 18.0 Å². The molecule has 0 atom stereocenters. The minimum absolute atomic E-state index is 0.0778. The predicted octanol–water partition coefficient (Wildman–Crippen LogP) is 3.28. The molecule has 1 heterocycles. The lowest BCUT2D eigenvalue weighted by atomic mass is 10.0. The minimum atomic E-state index is 0.0778. The Morgan fingerprint density at radius 3 is 2.78 bits per heavy atom. The molecule has 1 N–H and O–H groups in total. The maximum absolute atomic E-state index is 12.0. The molecule has 0 spiro atoms. The van der Waals surface area contributed by atoms with E-state index in [1.54, 1.807) is 18.4 Å². The summed E-state index contributed by atoms with van der Waals surface area (Å²) in [5.41, 5.74) is 2.35. The number of aryl methyl sites for hydroxylation is 3. The zero-order chi connectivity index (χ0) is 16.1. The molecule has 1 aromatic carbocycles. The Balaban J connectivity index is 1.44. The van der Waals surface area contributed by atoms with Crippen LogP contribution >= 0.6 is 11.3 Å². The van der Waals surface area contributed by atoms with Gasteiger partial charge in [-0.3, -0.25) is 4.79 Å². The van der Waals surface area contributed by atoms with Gasteiger partial charge >= 0.3 is 0 Å². The molecule has 0 unspecified atom stereocenters. The molecule has 2 aromatic rings. The summed E-state index contributed by atoms with van der Waals surface area (Å²) in [6.45, 7) is 0.553. The number of hydrogen-bond donors (Lipinski definition) is 1. The fraction of sp³-hybridized carbons (Fsp3) is 0.444. The highest BCUT2D eigenvalue weighted by Crippen LogP contribution is 2.27. The summed E-state index contributed by atoms with van der Waals surface area (Å²) in [5, 5.41) is 4.07. The fourth-order valence-electron chi connectivity index (χ4n) is 2.77. The van der Waals surface area contributed by atoms with Crippen molar-refractivity contribution in [1.29, 1.82) is 0 Å². The molecule has 23 heavy (non-hydrogen) atoms. The van der Waals surface area contributed by atoms with E-state index in [2.05, 4.69) is 10.3 Å². The van der Waals surface area contributed by atoms with E-state index >= 15 is 0 Å². The van der Waals surface area contributed by atoms with E-state index in [9.17, 15) is 4.79 Å². The molecule has 0 saturated heterocycles. The molecule has 0 fully saturated rings. The Morgan fingerprint density at radius 2 is 2.04 bits per heavy atom. The van der Waals surface area contributed by atoms with Crippen LogP contribution in [0.3, 0.4) is 0 Å². The SMILES string of the molecule is COc1ccc(CNC(=O)CCc2nc3c(s2)CCCC3)cc1. The van der Waals surface area contributed by atoms with Gasteiger partial charge in [0.25, 0.3) is 0 Å². The van der Waals surface area contributed by atoms with Gasteiger partial charge in [0.1, 0.15) is 5.75 Å². The van der Waals surface area contributed by atoms with E-state index in [1.807, 2.05) is 24.3 Å². The Hall–Kier alpha value is -1.88. The molecule has 4 nitrogen and oxygen atoms in total. The van der Waals surface area contributed by atoms with Crippen LogP contribution in [0.15, 0.2) is 24.3 Å². The van der Waals surface area contributed by atoms with Crippen molar-refractivity contribution in [3.05, 3.63) is 45.4 Å². The molecule has 0 bridgehead atoms. The van der Waals surface area contributed by atoms with Crippen LogP contribution in [0.4, 0.5) is 0 Å². The van der Waals surface area contributed by atoms with Crippen LogP contribution in [0.2, 0.25) is 0 Å². The number of thiazole rings is 1. The number of hydrogen-bond acceptors (Lipinski definition) is 4. The van der Waals surface area contributed by atoms with Crippen molar-refractivity contribution in [3.63, 3.8) is 0 Å². The normalized spacial score (nSPS) is 13.4. The van der Waals surface area contributed by atoms with Gasteiger partial charge in [-0.1, -0.05) is 12.1 Å². The zero-order valence-corrected chi connectivity index (χ0v) is 14.2. The highest BCUT2D eigenvalue weighted by Gasteiger charge is 2.15. The number of benzene rings is 1. The second kappa shape index (κ2) is 7.59. The van der Waals surface area contributed by atoms with Crippen LogP contribution in [-0.2, 0) is 30.6 Å². The average molecular weight is 330 g/mol. The lowest BCUT2D eigenvalue weighted by Gasteiger charge is -2.06. The number of fused-ring (bicyclic) bond motifs is 1. The van der Waals surface area contributed by atoms with Gasteiger partial charge in [-0.15, -0.1) is 11.3 Å².